The summed E-state index contributed by atoms with van der Waals surface area (Å²) >= 11 is 0. The largest absolute Gasteiger partial charge is 0.377 e. The number of H-pyrrole nitrogens is 1. The van der Waals surface area contributed by atoms with Crippen molar-refractivity contribution in [2.75, 3.05) is 30.9 Å². The van der Waals surface area contributed by atoms with E-state index in [0.29, 0.717) is 37.6 Å². The second-order valence-electron chi connectivity index (χ2n) is 8.02. The molecule has 4 heterocycles. The van der Waals surface area contributed by atoms with E-state index in [1.54, 1.807) is 12.4 Å². The summed E-state index contributed by atoms with van der Waals surface area (Å²) in [6.07, 6.45) is 8.37. The van der Waals surface area contributed by atoms with Crippen molar-refractivity contribution in [1.29, 1.82) is 4.78 Å². The second-order valence-corrected chi connectivity index (χ2v) is 10.5. The van der Waals surface area contributed by atoms with Crippen LogP contribution in [0.5, 0.6) is 0 Å². The van der Waals surface area contributed by atoms with E-state index < -0.39 is 14.5 Å². The lowest BCUT2D eigenvalue weighted by atomic mass is 10.1. The van der Waals surface area contributed by atoms with Crippen LogP contribution in [0.15, 0.2) is 30.7 Å². The summed E-state index contributed by atoms with van der Waals surface area (Å²) < 4.78 is 26.0. The number of ether oxygens (including phenoxy) is 1. The Labute approximate surface area is 169 Å². The van der Waals surface area contributed by atoms with Gasteiger partial charge in [0.25, 0.3) is 0 Å². The van der Waals surface area contributed by atoms with Gasteiger partial charge in [0.2, 0.25) is 0 Å². The van der Waals surface area contributed by atoms with Crippen LogP contribution in [-0.2, 0) is 19.2 Å². The van der Waals surface area contributed by atoms with Crippen LogP contribution in [0.4, 0.5) is 5.82 Å². The van der Waals surface area contributed by atoms with Crippen LogP contribution in [0.1, 0.15) is 25.5 Å². The number of hydrogen-bond acceptors (Lipinski definition) is 7. The first-order valence-electron chi connectivity index (χ1n) is 9.78. The predicted octanol–water partition coefficient (Wildman–Crippen LogP) is 2.91. The van der Waals surface area contributed by atoms with E-state index in [-0.39, 0.29) is 6.04 Å². The van der Waals surface area contributed by atoms with Crippen molar-refractivity contribution in [1.82, 2.24) is 19.9 Å². The predicted molar refractivity (Wildman–Crippen MR) is 112 cm³/mol. The number of fused-ring (bicyclic) bond motifs is 1. The molecule has 1 aliphatic carbocycles. The molecule has 29 heavy (non-hydrogen) atoms. The number of rotatable bonds is 4. The Morgan fingerprint density at radius 3 is 2.90 bits per heavy atom. The molecule has 5 rings (SSSR count). The molecule has 0 spiro atoms. The zero-order chi connectivity index (χ0) is 20.2. The van der Waals surface area contributed by atoms with Gasteiger partial charge >= 0.3 is 0 Å². The summed E-state index contributed by atoms with van der Waals surface area (Å²) in [6.45, 7) is 4.12. The summed E-state index contributed by atoms with van der Waals surface area (Å²) in [5, 5.41) is 0.992. The number of nitrogens with one attached hydrogen (secondary N) is 2. The molecule has 152 valence electrons. The lowest BCUT2D eigenvalue weighted by Crippen LogP contribution is -2.44. The van der Waals surface area contributed by atoms with E-state index in [1.165, 1.54) is 6.26 Å². The topological polar surface area (TPSA) is 108 Å². The smallest absolute Gasteiger partial charge is 0.164 e. The van der Waals surface area contributed by atoms with Gasteiger partial charge in [-0.05, 0) is 25.8 Å². The average Bonchev–Trinajstić information content (AvgIpc) is 3.39. The molecular formula is C20H24N6O2S. The van der Waals surface area contributed by atoms with Crippen LogP contribution in [0.2, 0.25) is 0 Å². The molecule has 2 atom stereocenters. The van der Waals surface area contributed by atoms with Gasteiger partial charge in [-0.25, -0.2) is 14.2 Å². The zero-order valence-corrected chi connectivity index (χ0v) is 17.3. The molecule has 1 saturated heterocycles. The molecule has 1 saturated carbocycles. The molecule has 2 aliphatic rings. The van der Waals surface area contributed by atoms with Gasteiger partial charge in [0.05, 0.1) is 51.1 Å². The quantitative estimate of drug-likeness (QED) is 0.682. The van der Waals surface area contributed by atoms with Crippen molar-refractivity contribution in [3.8, 4) is 11.4 Å². The highest BCUT2D eigenvalue weighted by molar-refractivity contribution is 7.92. The standard InChI is InChI=1S/C20H24N6O2S/c1-13-12-28-8-7-26(13)18-9-17(20(4-5-20)29(2,21)27)24-19(25-18)15-10-22-11-16-14(15)3-6-23-16/h3,6,9-11,13,21,23H,4-5,7-8,12H2,1-2H3/t13-,29?/m1/s1. The number of anilines is 1. The molecule has 0 radical (unpaired) electrons. The fourth-order valence-electron chi connectivity index (χ4n) is 4.12. The minimum Gasteiger partial charge on any atom is -0.377 e. The molecule has 0 aromatic carbocycles. The third kappa shape index (κ3) is 3.00. The molecule has 2 fully saturated rings. The van der Waals surface area contributed by atoms with Crippen LogP contribution < -0.4 is 4.90 Å². The SMILES string of the molecule is C[C@@H]1COCCN1c1cc(C2(S(C)(=N)=O)CC2)nc(-c2cncc3[nH]ccc23)n1. The molecule has 9 heteroatoms. The summed E-state index contributed by atoms with van der Waals surface area (Å²) in [5.74, 6) is 1.35. The number of aromatic nitrogens is 4. The summed E-state index contributed by atoms with van der Waals surface area (Å²) in [5.41, 5.74) is 2.45. The van der Waals surface area contributed by atoms with Crippen molar-refractivity contribution in [2.45, 2.75) is 30.6 Å². The van der Waals surface area contributed by atoms with Gasteiger partial charge in [-0.2, -0.15) is 0 Å². The van der Waals surface area contributed by atoms with Crippen LogP contribution in [-0.4, -0.2) is 56.2 Å². The maximum absolute atomic E-state index is 12.8. The van der Waals surface area contributed by atoms with Crippen LogP contribution in [0, 0.1) is 4.78 Å². The summed E-state index contributed by atoms with van der Waals surface area (Å²) in [7, 11) is -2.79. The first-order valence-corrected chi connectivity index (χ1v) is 11.7. The number of morpholine rings is 1. The summed E-state index contributed by atoms with van der Waals surface area (Å²) in [4.78, 5) is 19.4. The number of hydrogen-bond donors (Lipinski definition) is 2. The Kier molecular flexibility index (Phi) is 4.15. The van der Waals surface area contributed by atoms with Gasteiger partial charge in [0.15, 0.2) is 5.82 Å². The fraction of sp³-hybridized carbons (Fsp3) is 0.450. The Morgan fingerprint density at radius 1 is 1.34 bits per heavy atom. The van der Waals surface area contributed by atoms with Crippen molar-refractivity contribution in [3.63, 3.8) is 0 Å². The maximum Gasteiger partial charge on any atom is 0.164 e. The number of nitrogens with zero attached hydrogens (tertiary/aromatic N) is 4. The van der Waals surface area contributed by atoms with E-state index in [0.717, 1.165) is 28.8 Å². The highest BCUT2D eigenvalue weighted by Crippen LogP contribution is 2.52. The Hall–Kier alpha value is -2.52. The van der Waals surface area contributed by atoms with E-state index in [2.05, 4.69) is 21.8 Å². The molecule has 0 amide bonds. The Bertz CT molecular complexity index is 1180. The highest BCUT2D eigenvalue weighted by atomic mass is 32.2. The molecule has 2 N–H and O–H groups in total. The van der Waals surface area contributed by atoms with Crippen LogP contribution in [0.3, 0.4) is 0 Å². The number of aromatic amines is 1. The minimum absolute atomic E-state index is 0.178. The average molecular weight is 413 g/mol. The van der Waals surface area contributed by atoms with Crippen molar-refractivity contribution >= 4 is 26.4 Å². The van der Waals surface area contributed by atoms with E-state index >= 15 is 0 Å². The lowest BCUT2D eigenvalue weighted by molar-refractivity contribution is 0.0985. The first kappa shape index (κ1) is 18.5. The minimum atomic E-state index is -2.79. The van der Waals surface area contributed by atoms with E-state index in [1.807, 2.05) is 18.3 Å². The Morgan fingerprint density at radius 2 is 2.17 bits per heavy atom. The molecule has 3 aromatic rings. The second kappa shape index (κ2) is 6.50. The van der Waals surface area contributed by atoms with E-state index in [4.69, 9.17) is 19.5 Å². The third-order valence-electron chi connectivity index (χ3n) is 6.01. The molecule has 1 unspecified atom stereocenters. The van der Waals surface area contributed by atoms with Gasteiger partial charge < -0.3 is 14.6 Å². The highest BCUT2D eigenvalue weighted by Gasteiger charge is 2.53. The van der Waals surface area contributed by atoms with E-state index in [9.17, 15) is 4.21 Å². The lowest BCUT2D eigenvalue weighted by Gasteiger charge is -2.34. The monoisotopic (exact) mass is 412 g/mol. The molecule has 0 bridgehead atoms. The van der Waals surface area contributed by atoms with Gasteiger partial charge in [0.1, 0.15) is 5.82 Å². The number of pyridine rings is 1. The third-order valence-corrected chi connectivity index (χ3v) is 8.12. The van der Waals surface area contributed by atoms with Gasteiger partial charge in [-0.1, -0.05) is 0 Å². The van der Waals surface area contributed by atoms with Gasteiger partial charge in [0, 0.05) is 42.2 Å². The maximum atomic E-state index is 12.8. The molecular weight excluding hydrogens is 388 g/mol. The normalized spacial score (nSPS) is 23.1. The zero-order valence-electron chi connectivity index (χ0n) is 16.5. The Balaban J connectivity index is 1.72. The van der Waals surface area contributed by atoms with Crippen molar-refractivity contribution < 1.29 is 8.95 Å². The van der Waals surface area contributed by atoms with Crippen molar-refractivity contribution in [3.05, 3.63) is 36.4 Å². The molecule has 1 aliphatic heterocycles. The molecule has 3 aromatic heterocycles. The molecule has 8 nitrogen and oxygen atoms in total. The van der Waals surface area contributed by atoms with Gasteiger partial charge in [-0.15, -0.1) is 0 Å². The van der Waals surface area contributed by atoms with Crippen molar-refractivity contribution in [2.24, 2.45) is 0 Å². The summed E-state index contributed by atoms with van der Waals surface area (Å²) in [6, 6.07) is 4.10. The van der Waals surface area contributed by atoms with Gasteiger partial charge in [-0.3, -0.25) is 9.76 Å². The van der Waals surface area contributed by atoms with Crippen LogP contribution >= 0.6 is 0 Å². The van der Waals surface area contributed by atoms with Crippen LogP contribution in [0.25, 0.3) is 22.3 Å². The fourth-order valence-corrected chi connectivity index (χ4v) is 5.50. The first-order chi connectivity index (χ1) is 13.9.